The third-order valence-electron chi connectivity index (χ3n) is 4.12. The number of benzene rings is 1. The molecule has 20 heavy (non-hydrogen) atoms. The molecule has 2 atom stereocenters. The van der Waals surface area contributed by atoms with Crippen molar-refractivity contribution in [2.24, 2.45) is 11.8 Å². The Morgan fingerprint density at radius 1 is 1.35 bits per heavy atom. The van der Waals surface area contributed by atoms with E-state index in [2.05, 4.69) is 5.32 Å². The summed E-state index contributed by atoms with van der Waals surface area (Å²) in [4.78, 5) is 12.0. The number of para-hydroxylation sites is 1. The van der Waals surface area contributed by atoms with E-state index in [9.17, 15) is 14.3 Å². The van der Waals surface area contributed by atoms with Gasteiger partial charge in [0.15, 0.2) is 0 Å². The number of nitrogens with two attached hydrogens (primary N) is 1. The largest absolute Gasteiger partial charge is 0.396 e. The van der Waals surface area contributed by atoms with Crippen molar-refractivity contribution in [1.29, 1.82) is 0 Å². The second-order valence-electron chi connectivity index (χ2n) is 5.40. The molecular weight excluding hydrogens is 259 g/mol. The van der Waals surface area contributed by atoms with Gasteiger partial charge in [-0.2, -0.15) is 0 Å². The Morgan fingerprint density at radius 2 is 2.05 bits per heavy atom. The molecule has 0 spiro atoms. The minimum atomic E-state index is -0.580. The first-order valence-electron chi connectivity index (χ1n) is 7.06. The van der Waals surface area contributed by atoms with E-state index in [1.807, 2.05) is 0 Å². The number of amides is 1. The lowest BCUT2D eigenvalue weighted by Crippen LogP contribution is -2.35. The molecule has 1 aromatic rings. The maximum atomic E-state index is 13.3. The first-order valence-corrected chi connectivity index (χ1v) is 7.06. The minimum Gasteiger partial charge on any atom is -0.396 e. The molecule has 4 N–H and O–H groups in total. The summed E-state index contributed by atoms with van der Waals surface area (Å²) < 4.78 is 13.3. The predicted molar refractivity (Wildman–Crippen MR) is 75.7 cm³/mol. The Hall–Kier alpha value is -1.62. The first kappa shape index (κ1) is 14.8. The fourth-order valence-corrected chi connectivity index (χ4v) is 2.85. The van der Waals surface area contributed by atoms with Crippen molar-refractivity contribution in [2.45, 2.75) is 25.7 Å². The Kier molecular flexibility index (Phi) is 4.95. The average Bonchev–Trinajstić information content (AvgIpc) is 2.48. The van der Waals surface area contributed by atoms with E-state index in [1.165, 1.54) is 18.2 Å². The molecular formula is C15H21FN2O2. The van der Waals surface area contributed by atoms with Crippen LogP contribution < -0.4 is 11.1 Å². The van der Waals surface area contributed by atoms with Crippen molar-refractivity contribution >= 4 is 11.6 Å². The Labute approximate surface area is 118 Å². The number of hydrogen-bond donors (Lipinski definition) is 3. The Balaban J connectivity index is 1.96. The summed E-state index contributed by atoms with van der Waals surface area (Å²) in [5.41, 5.74) is 5.62. The molecule has 1 fully saturated rings. The van der Waals surface area contributed by atoms with Gasteiger partial charge in [0.05, 0.1) is 11.3 Å². The number of carbonyl (C=O) groups is 1. The van der Waals surface area contributed by atoms with E-state index in [0.717, 1.165) is 25.7 Å². The Morgan fingerprint density at radius 3 is 2.75 bits per heavy atom. The molecule has 1 aromatic carbocycles. The van der Waals surface area contributed by atoms with Crippen LogP contribution in [0.3, 0.4) is 0 Å². The molecule has 2 rings (SSSR count). The molecule has 0 radical (unpaired) electrons. The van der Waals surface area contributed by atoms with Gasteiger partial charge in [-0.3, -0.25) is 4.79 Å². The quantitative estimate of drug-likeness (QED) is 0.738. The molecule has 110 valence electrons. The van der Waals surface area contributed by atoms with Crippen LogP contribution in [0.1, 0.15) is 36.0 Å². The predicted octanol–water partition coefficient (Wildman–Crippen LogP) is 1.94. The van der Waals surface area contributed by atoms with Crippen LogP contribution in [-0.4, -0.2) is 24.2 Å². The number of aliphatic hydroxyl groups is 1. The number of rotatable bonds is 4. The van der Waals surface area contributed by atoms with E-state index in [0.29, 0.717) is 6.54 Å². The topological polar surface area (TPSA) is 75.4 Å². The highest BCUT2D eigenvalue weighted by molar-refractivity contribution is 5.99. The monoisotopic (exact) mass is 280 g/mol. The zero-order valence-electron chi connectivity index (χ0n) is 11.4. The van der Waals surface area contributed by atoms with Crippen LogP contribution in [0.15, 0.2) is 18.2 Å². The molecule has 1 saturated carbocycles. The lowest BCUT2D eigenvalue weighted by atomic mass is 9.79. The molecule has 4 nitrogen and oxygen atoms in total. The standard InChI is InChI=1S/C15H21FN2O2/c16-13-7-3-6-12(14(13)17)15(20)18-8-10-4-1-2-5-11(10)9-19/h3,6-7,10-11,19H,1-2,4-5,8-9,17H2,(H,18,20). The molecule has 1 aliphatic rings. The van der Waals surface area contributed by atoms with Gasteiger partial charge in [-0.1, -0.05) is 18.9 Å². The second kappa shape index (κ2) is 6.70. The highest BCUT2D eigenvalue weighted by Gasteiger charge is 2.25. The molecule has 0 saturated heterocycles. The van der Waals surface area contributed by atoms with Crippen molar-refractivity contribution in [3.63, 3.8) is 0 Å². The molecule has 1 aliphatic carbocycles. The maximum absolute atomic E-state index is 13.3. The van der Waals surface area contributed by atoms with E-state index >= 15 is 0 Å². The summed E-state index contributed by atoms with van der Waals surface area (Å²) in [6, 6.07) is 4.21. The highest BCUT2D eigenvalue weighted by atomic mass is 19.1. The smallest absolute Gasteiger partial charge is 0.253 e. The fraction of sp³-hybridized carbons (Fsp3) is 0.533. The van der Waals surface area contributed by atoms with Gasteiger partial charge >= 0.3 is 0 Å². The molecule has 0 bridgehead atoms. The molecule has 0 aliphatic heterocycles. The molecule has 1 amide bonds. The van der Waals surface area contributed by atoms with Crippen LogP contribution in [-0.2, 0) is 0 Å². The van der Waals surface area contributed by atoms with Crippen molar-refractivity contribution in [3.05, 3.63) is 29.6 Å². The third-order valence-corrected chi connectivity index (χ3v) is 4.12. The number of hydrogen-bond acceptors (Lipinski definition) is 3. The van der Waals surface area contributed by atoms with Gasteiger partial charge in [0.1, 0.15) is 5.82 Å². The van der Waals surface area contributed by atoms with Gasteiger partial charge in [0, 0.05) is 13.2 Å². The highest BCUT2D eigenvalue weighted by Crippen LogP contribution is 2.29. The van der Waals surface area contributed by atoms with E-state index in [4.69, 9.17) is 5.73 Å². The van der Waals surface area contributed by atoms with Crippen molar-refractivity contribution in [3.8, 4) is 0 Å². The van der Waals surface area contributed by atoms with E-state index in [-0.39, 0.29) is 35.6 Å². The minimum absolute atomic E-state index is 0.118. The molecule has 2 unspecified atom stereocenters. The van der Waals surface area contributed by atoms with Crippen molar-refractivity contribution in [1.82, 2.24) is 5.32 Å². The number of nitrogens with one attached hydrogen (secondary N) is 1. The van der Waals surface area contributed by atoms with E-state index < -0.39 is 5.82 Å². The number of carbonyl (C=O) groups excluding carboxylic acids is 1. The summed E-state index contributed by atoms with van der Waals surface area (Å²) in [6.07, 6.45) is 4.26. The van der Waals surface area contributed by atoms with Crippen LogP contribution >= 0.6 is 0 Å². The fourth-order valence-electron chi connectivity index (χ4n) is 2.85. The zero-order valence-corrected chi connectivity index (χ0v) is 11.4. The van der Waals surface area contributed by atoms with Gasteiger partial charge in [0.25, 0.3) is 5.91 Å². The number of aliphatic hydroxyl groups excluding tert-OH is 1. The maximum Gasteiger partial charge on any atom is 0.253 e. The number of nitrogen functional groups attached to an aromatic ring is 1. The summed E-state index contributed by atoms with van der Waals surface area (Å²) >= 11 is 0. The van der Waals surface area contributed by atoms with Crippen molar-refractivity contribution in [2.75, 3.05) is 18.9 Å². The van der Waals surface area contributed by atoms with Crippen LogP contribution in [0.4, 0.5) is 10.1 Å². The SMILES string of the molecule is Nc1c(F)cccc1C(=O)NCC1CCCCC1CO. The molecule has 0 aromatic heterocycles. The summed E-state index contributed by atoms with van der Waals surface area (Å²) in [5.74, 6) is -0.408. The van der Waals surface area contributed by atoms with Crippen LogP contribution in [0.2, 0.25) is 0 Å². The average molecular weight is 280 g/mol. The van der Waals surface area contributed by atoms with Gasteiger partial charge in [0.2, 0.25) is 0 Å². The Bertz CT molecular complexity index is 479. The third kappa shape index (κ3) is 3.28. The number of halogens is 1. The first-order chi connectivity index (χ1) is 9.63. The van der Waals surface area contributed by atoms with Crippen LogP contribution in [0.5, 0.6) is 0 Å². The lowest BCUT2D eigenvalue weighted by molar-refractivity contribution is 0.0910. The zero-order chi connectivity index (χ0) is 14.5. The van der Waals surface area contributed by atoms with Gasteiger partial charge < -0.3 is 16.2 Å². The van der Waals surface area contributed by atoms with Gasteiger partial charge in [-0.05, 0) is 36.8 Å². The number of anilines is 1. The normalized spacial score (nSPS) is 22.5. The van der Waals surface area contributed by atoms with Gasteiger partial charge in [-0.15, -0.1) is 0 Å². The lowest BCUT2D eigenvalue weighted by Gasteiger charge is -2.30. The van der Waals surface area contributed by atoms with Crippen molar-refractivity contribution < 1.29 is 14.3 Å². The van der Waals surface area contributed by atoms with Crippen LogP contribution in [0.25, 0.3) is 0 Å². The summed E-state index contributed by atoms with van der Waals surface area (Å²) in [6.45, 7) is 0.655. The molecule has 5 heteroatoms. The molecule has 0 heterocycles. The van der Waals surface area contributed by atoms with E-state index in [1.54, 1.807) is 0 Å². The van der Waals surface area contributed by atoms with Crippen LogP contribution in [0, 0.1) is 17.7 Å². The van der Waals surface area contributed by atoms with Gasteiger partial charge in [-0.25, -0.2) is 4.39 Å². The summed E-state index contributed by atoms with van der Waals surface area (Å²) in [7, 11) is 0. The second-order valence-corrected chi connectivity index (χ2v) is 5.40. The summed E-state index contributed by atoms with van der Waals surface area (Å²) in [5, 5.41) is 12.1.